The number of anilines is 1. The highest BCUT2D eigenvalue weighted by molar-refractivity contribution is 5.91. The van der Waals surface area contributed by atoms with Crippen molar-refractivity contribution in [2.75, 3.05) is 25.5 Å². The second-order valence-corrected chi connectivity index (χ2v) is 8.28. The van der Waals surface area contributed by atoms with E-state index in [-0.39, 0.29) is 6.61 Å². The lowest BCUT2D eigenvalue weighted by molar-refractivity contribution is -0.112. The molecule has 0 spiro atoms. The molecule has 1 atom stereocenters. The van der Waals surface area contributed by atoms with Crippen LogP contribution in [-0.2, 0) is 10.3 Å². The highest BCUT2D eigenvalue weighted by atomic mass is 16.3. The maximum absolute atomic E-state index is 12.2. The Morgan fingerprint density at radius 2 is 1.69 bits per heavy atom. The largest absolute Gasteiger partial charge is 0.395 e. The lowest BCUT2D eigenvalue weighted by Crippen LogP contribution is -2.48. The van der Waals surface area contributed by atoms with Gasteiger partial charge in [0.25, 0.3) is 0 Å². The van der Waals surface area contributed by atoms with Gasteiger partial charge in [0, 0.05) is 42.6 Å². The smallest absolute Gasteiger partial charge is 0.315 e. The number of aromatic nitrogens is 2. The standard InChI is InChI=1S/C27H27N5O3/c1-27(17-34,32-26(35)28-2)23-15-25(31-24-11-12-29-16-22(23)24)20-5-3-18(4-6-20)19-7-9-21(10-8-19)30-13-14-33/h3-12,15-17,30,33H,13-14H2,1-2H3,(H2,28,32,35). The van der Waals surface area contributed by atoms with E-state index in [4.69, 9.17) is 10.1 Å². The summed E-state index contributed by atoms with van der Waals surface area (Å²) in [5, 5.41) is 18.0. The fraction of sp³-hybridized carbons (Fsp3) is 0.185. The number of aldehydes is 1. The summed E-state index contributed by atoms with van der Waals surface area (Å²) in [5.41, 5.74) is 4.63. The van der Waals surface area contributed by atoms with Gasteiger partial charge in [-0.3, -0.25) is 4.98 Å². The van der Waals surface area contributed by atoms with E-state index >= 15 is 0 Å². The number of carbonyl (C=O) groups is 2. The van der Waals surface area contributed by atoms with E-state index in [1.165, 1.54) is 7.05 Å². The fourth-order valence-electron chi connectivity index (χ4n) is 3.92. The molecule has 0 aliphatic rings. The van der Waals surface area contributed by atoms with Crippen molar-refractivity contribution >= 4 is 28.9 Å². The molecule has 1 unspecified atom stereocenters. The van der Waals surface area contributed by atoms with Crippen LogP contribution in [0.3, 0.4) is 0 Å². The molecule has 0 fully saturated rings. The van der Waals surface area contributed by atoms with E-state index in [0.29, 0.717) is 28.7 Å². The Morgan fingerprint density at radius 3 is 2.31 bits per heavy atom. The number of aliphatic hydroxyl groups is 1. The number of rotatable bonds is 8. The zero-order valence-electron chi connectivity index (χ0n) is 19.6. The van der Waals surface area contributed by atoms with Gasteiger partial charge in [-0.2, -0.15) is 0 Å². The predicted molar refractivity (Wildman–Crippen MR) is 137 cm³/mol. The minimum absolute atomic E-state index is 0.0815. The number of hydrogen-bond donors (Lipinski definition) is 4. The van der Waals surface area contributed by atoms with Crippen molar-refractivity contribution < 1.29 is 14.7 Å². The molecule has 178 valence electrons. The third-order valence-electron chi connectivity index (χ3n) is 5.85. The lowest BCUT2D eigenvalue weighted by Gasteiger charge is -2.26. The average Bonchev–Trinajstić information content (AvgIpc) is 2.91. The Bertz CT molecular complexity index is 1340. The van der Waals surface area contributed by atoms with Crippen LogP contribution in [0.2, 0.25) is 0 Å². The summed E-state index contributed by atoms with van der Waals surface area (Å²) < 4.78 is 0. The average molecular weight is 470 g/mol. The summed E-state index contributed by atoms with van der Waals surface area (Å²) >= 11 is 0. The van der Waals surface area contributed by atoms with Crippen molar-refractivity contribution in [2.45, 2.75) is 12.5 Å². The molecule has 2 amide bonds. The Balaban J connectivity index is 1.71. The molecule has 0 aliphatic heterocycles. The molecule has 4 aromatic rings. The quantitative estimate of drug-likeness (QED) is 0.292. The summed E-state index contributed by atoms with van der Waals surface area (Å²) in [6.45, 7) is 2.24. The zero-order valence-corrected chi connectivity index (χ0v) is 19.6. The molecule has 0 saturated carbocycles. The van der Waals surface area contributed by atoms with Gasteiger partial charge in [0.1, 0.15) is 11.8 Å². The number of pyridine rings is 2. The second-order valence-electron chi connectivity index (χ2n) is 8.28. The number of amides is 2. The maximum atomic E-state index is 12.2. The number of carbonyl (C=O) groups excluding carboxylic acids is 2. The summed E-state index contributed by atoms with van der Waals surface area (Å²) in [6, 6.07) is 19.1. The number of hydrogen-bond acceptors (Lipinski definition) is 6. The van der Waals surface area contributed by atoms with E-state index in [2.05, 4.69) is 20.9 Å². The van der Waals surface area contributed by atoms with E-state index in [1.54, 1.807) is 25.4 Å². The minimum atomic E-state index is -1.27. The third-order valence-corrected chi connectivity index (χ3v) is 5.85. The number of urea groups is 1. The fourth-order valence-corrected chi connectivity index (χ4v) is 3.92. The van der Waals surface area contributed by atoms with Gasteiger partial charge in [0.15, 0.2) is 0 Å². The predicted octanol–water partition coefficient (Wildman–Crippen LogP) is 3.71. The molecule has 2 heterocycles. The van der Waals surface area contributed by atoms with Crippen LogP contribution in [0, 0.1) is 0 Å². The number of aliphatic hydroxyl groups excluding tert-OH is 1. The molecular formula is C27H27N5O3. The van der Waals surface area contributed by atoms with Crippen LogP contribution in [0.15, 0.2) is 73.1 Å². The van der Waals surface area contributed by atoms with Crippen LogP contribution in [0.4, 0.5) is 10.5 Å². The molecule has 0 aliphatic carbocycles. The van der Waals surface area contributed by atoms with Crippen molar-refractivity contribution in [3.8, 4) is 22.4 Å². The van der Waals surface area contributed by atoms with Gasteiger partial charge < -0.3 is 25.9 Å². The van der Waals surface area contributed by atoms with Crippen LogP contribution in [0.25, 0.3) is 33.3 Å². The van der Waals surface area contributed by atoms with Crippen LogP contribution in [-0.4, -0.2) is 47.6 Å². The van der Waals surface area contributed by atoms with E-state index in [9.17, 15) is 9.59 Å². The van der Waals surface area contributed by atoms with E-state index in [1.807, 2.05) is 54.6 Å². The molecule has 2 aromatic heterocycles. The van der Waals surface area contributed by atoms with Gasteiger partial charge in [-0.25, -0.2) is 9.78 Å². The first kappa shape index (κ1) is 23.8. The molecule has 2 aromatic carbocycles. The van der Waals surface area contributed by atoms with Gasteiger partial charge in [-0.15, -0.1) is 0 Å². The summed E-state index contributed by atoms with van der Waals surface area (Å²) in [5.74, 6) is 0. The van der Waals surface area contributed by atoms with E-state index in [0.717, 1.165) is 28.7 Å². The molecule has 0 saturated heterocycles. The highest BCUT2D eigenvalue weighted by Crippen LogP contribution is 2.32. The van der Waals surface area contributed by atoms with Crippen molar-refractivity contribution in [3.63, 3.8) is 0 Å². The first-order chi connectivity index (χ1) is 17.0. The Morgan fingerprint density at radius 1 is 1.03 bits per heavy atom. The number of benzene rings is 2. The summed E-state index contributed by atoms with van der Waals surface area (Å²) in [7, 11) is 1.50. The van der Waals surface area contributed by atoms with Crippen molar-refractivity contribution in [2.24, 2.45) is 0 Å². The minimum Gasteiger partial charge on any atom is -0.395 e. The topological polar surface area (TPSA) is 116 Å². The summed E-state index contributed by atoms with van der Waals surface area (Å²) in [6.07, 6.45) is 4.02. The van der Waals surface area contributed by atoms with Gasteiger partial charge in [0.2, 0.25) is 0 Å². The van der Waals surface area contributed by atoms with Crippen LogP contribution in [0.5, 0.6) is 0 Å². The Kier molecular flexibility index (Phi) is 7.03. The molecule has 35 heavy (non-hydrogen) atoms. The van der Waals surface area contributed by atoms with Gasteiger partial charge in [-0.1, -0.05) is 36.4 Å². The summed E-state index contributed by atoms with van der Waals surface area (Å²) in [4.78, 5) is 33.2. The first-order valence-corrected chi connectivity index (χ1v) is 11.2. The van der Waals surface area contributed by atoms with Crippen molar-refractivity contribution in [3.05, 3.63) is 78.6 Å². The molecule has 0 bridgehead atoms. The molecule has 8 heteroatoms. The first-order valence-electron chi connectivity index (χ1n) is 11.2. The lowest BCUT2D eigenvalue weighted by atomic mass is 9.89. The molecule has 4 rings (SSSR count). The van der Waals surface area contributed by atoms with Crippen LogP contribution >= 0.6 is 0 Å². The van der Waals surface area contributed by atoms with Gasteiger partial charge in [0.05, 0.1) is 17.8 Å². The number of nitrogens with zero attached hydrogens (tertiary/aromatic N) is 2. The number of fused-ring (bicyclic) bond motifs is 1. The normalized spacial score (nSPS) is 12.5. The van der Waals surface area contributed by atoms with Gasteiger partial charge in [-0.05, 0) is 47.9 Å². The SMILES string of the molecule is CNC(=O)NC(C)(C=O)c1cc(-c2ccc(-c3ccc(NCCO)cc3)cc2)nc2ccncc12. The highest BCUT2D eigenvalue weighted by Gasteiger charge is 2.31. The second kappa shape index (κ2) is 10.3. The molecule has 4 N–H and O–H groups in total. The third kappa shape index (κ3) is 5.12. The van der Waals surface area contributed by atoms with Crippen molar-refractivity contribution in [1.82, 2.24) is 20.6 Å². The molecule has 8 nitrogen and oxygen atoms in total. The van der Waals surface area contributed by atoms with Crippen molar-refractivity contribution in [1.29, 1.82) is 0 Å². The Hall–Kier alpha value is -4.30. The molecule has 0 radical (unpaired) electrons. The van der Waals surface area contributed by atoms with Crippen LogP contribution in [0.1, 0.15) is 12.5 Å². The van der Waals surface area contributed by atoms with Gasteiger partial charge >= 0.3 is 6.03 Å². The molecular weight excluding hydrogens is 442 g/mol. The Labute approximate surface area is 203 Å². The maximum Gasteiger partial charge on any atom is 0.315 e. The van der Waals surface area contributed by atoms with Crippen LogP contribution < -0.4 is 16.0 Å². The number of nitrogens with one attached hydrogen (secondary N) is 3. The monoisotopic (exact) mass is 469 g/mol. The zero-order chi connectivity index (χ0) is 24.8. The van der Waals surface area contributed by atoms with E-state index < -0.39 is 11.6 Å².